The van der Waals surface area contributed by atoms with E-state index in [-0.39, 0.29) is 17.2 Å². The fourth-order valence-electron chi connectivity index (χ4n) is 6.94. The summed E-state index contributed by atoms with van der Waals surface area (Å²) in [4.78, 5) is 0. The Bertz CT molecular complexity index is 2660. The van der Waals surface area contributed by atoms with E-state index in [1.807, 2.05) is 48.5 Å². The van der Waals surface area contributed by atoms with Gasteiger partial charge in [0.15, 0.2) is 34.7 Å². The van der Waals surface area contributed by atoms with Crippen molar-refractivity contribution in [1.29, 1.82) is 0 Å². The number of halogens is 3. The second-order valence-electron chi connectivity index (χ2n) is 14.6. The molecule has 0 atom stereocenters. The third-order valence-corrected chi connectivity index (χ3v) is 10.6. The van der Waals surface area contributed by atoms with Gasteiger partial charge in [-0.25, -0.2) is 13.2 Å². The molecular weight excluding hydrogens is 742 g/mol. The Labute approximate surface area is 343 Å². The first-order valence-electron chi connectivity index (χ1n) is 18.7. The van der Waals surface area contributed by atoms with Crippen molar-refractivity contribution >= 4 is 0 Å². The predicted molar refractivity (Wildman–Crippen MR) is 227 cm³/mol. The third kappa shape index (κ3) is 8.29. The third-order valence-electron chi connectivity index (χ3n) is 10.6. The Morgan fingerprint density at radius 3 is 0.898 bits per heavy atom. The number of rotatable bonds is 11. The monoisotopic (exact) mass is 778 g/mol. The van der Waals surface area contributed by atoms with Gasteiger partial charge in [-0.1, -0.05) is 92.3 Å². The van der Waals surface area contributed by atoms with Gasteiger partial charge in [0.1, 0.15) is 17.2 Å². The minimum Gasteiger partial charge on any atom is -0.454 e. The lowest BCUT2D eigenvalue weighted by molar-refractivity contribution is 0.441. The lowest BCUT2D eigenvalue weighted by Crippen LogP contribution is -2.26. The van der Waals surface area contributed by atoms with Crippen LogP contribution in [0.2, 0.25) is 0 Å². The van der Waals surface area contributed by atoms with Crippen LogP contribution in [0.4, 0.5) is 13.2 Å². The van der Waals surface area contributed by atoms with E-state index >= 15 is 0 Å². The van der Waals surface area contributed by atoms with Gasteiger partial charge in [0.05, 0.1) is 0 Å². The number of ether oxygens (including phenoxy) is 3. The van der Waals surface area contributed by atoms with Gasteiger partial charge in [-0.05, 0) is 126 Å². The van der Waals surface area contributed by atoms with Gasteiger partial charge in [0.2, 0.25) is 0 Å². The molecule has 3 nitrogen and oxygen atoms in total. The zero-order valence-electron chi connectivity index (χ0n) is 32.5. The smallest absolute Gasteiger partial charge is 0.166 e. The van der Waals surface area contributed by atoms with Crippen molar-refractivity contribution in [2.24, 2.45) is 0 Å². The molecule has 0 unspecified atom stereocenters. The summed E-state index contributed by atoms with van der Waals surface area (Å²) < 4.78 is 61.6. The van der Waals surface area contributed by atoms with E-state index < -0.39 is 28.3 Å². The van der Waals surface area contributed by atoms with Crippen LogP contribution in [0.1, 0.15) is 65.3 Å². The molecular formula is C53H37F3O3. The molecule has 0 aliphatic heterocycles. The molecule has 0 bridgehead atoms. The average molecular weight is 779 g/mol. The van der Waals surface area contributed by atoms with Crippen molar-refractivity contribution in [1.82, 2.24) is 0 Å². The van der Waals surface area contributed by atoms with Gasteiger partial charge in [-0.2, -0.15) is 0 Å². The molecule has 7 rings (SSSR count). The SMILES string of the molecule is C#Cc1ccc(Oc2ccc(C(C)(C)c3ccc(C(C)(c4ccc(Oc5ccc(C#C)cc5F)cc4)c4ccc(Oc5ccc(C#C)cc5F)cc4)cc3)cc2)c(F)c1. The Hall–Kier alpha value is -7.59. The van der Waals surface area contributed by atoms with Gasteiger partial charge in [-0.3, -0.25) is 0 Å². The van der Waals surface area contributed by atoms with Crippen molar-refractivity contribution < 1.29 is 27.4 Å². The van der Waals surface area contributed by atoms with E-state index in [1.54, 1.807) is 42.5 Å². The molecule has 0 aliphatic rings. The van der Waals surface area contributed by atoms with Gasteiger partial charge < -0.3 is 14.2 Å². The largest absolute Gasteiger partial charge is 0.454 e. The van der Waals surface area contributed by atoms with Crippen LogP contribution in [0.5, 0.6) is 34.5 Å². The maximum Gasteiger partial charge on any atom is 0.166 e. The number of terminal acetylenes is 3. The number of benzene rings is 7. The van der Waals surface area contributed by atoms with Gasteiger partial charge in [0, 0.05) is 27.5 Å². The molecule has 7 aromatic carbocycles. The Morgan fingerprint density at radius 2 is 0.627 bits per heavy atom. The Morgan fingerprint density at radius 1 is 0.373 bits per heavy atom. The summed E-state index contributed by atoms with van der Waals surface area (Å²) in [5.41, 5.74) is 5.13. The zero-order chi connectivity index (χ0) is 41.7. The van der Waals surface area contributed by atoms with Crippen LogP contribution in [0.25, 0.3) is 0 Å². The predicted octanol–water partition coefficient (Wildman–Crippen LogP) is 13.1. The molecule has 0 saturated heterocycles. The van der Waals surface area contributed by atoms with Crippen LogP contribution in [-0.4, -0.2) is 0 Å². The van der Waals surface area contributed by atoms with Gasteiger partial charge in [-0.15, -0.1) is 19.3 Å². The fourth-order valence-corrected chi connectivity index (χ4v) is 6.94. The quantitative estimate of drug-likeness (QED) is 0.0967. The number of hydrogen-bond donors (Lipinski definition) is 0. The second kappa shape index (κ2) is 16.5. The van der Waals surface area contributed by atoms with E-state index in [0.29, 0.717) is 33.9 Å². The normalized spacial score (nSPS) is 11.2. The van der Waals surface area contributed by atoms with Crippen LogP contribution >= 0.6 is 0 Å². The Kier molecular flexibility index (Phi) is 11.1. The second-order valence-corrected chi connectivity index (χ2v) is 14.6. The first-order valence-corrected chi connectivity index (χ1v) is 18.7. The summed E-state index contributed by atoms with van der Waals surface area (Å²) in [5, 5.41) is 0. The van der Waals surface area contributed by atoms with E-state index in [1.165, 1.54) is 36.4 Å². The van der Waals surface area contributed by atoms with Crippen molar-refractivity contribution in [2.45, 2.75) is 31.6 Å². The highest BCUT2D eigenvalue weighted by molar-refractivity contribution is 5.54. The molecule has 0 aliphatic carbocycles. The molecule has 0 spiro atoms. The molecule has 0 radical (unpaired) electrons. The summed E-state index contributed by atoms with van der Waals surface area (Å²) in [5.74, 6) is 7.23. The molecule has 6 heteroatoms. The maximum atomic E-state index is 14.7. The summed E-state index contributed by atoms with van der Waals surface area (Å²) in [6.45, 7) is 6.40. The molecule has 0 amide bonds. The van der Waals surface area contributed by atoms with Crippen LogP contribution in [0.3, 0.4) is 0 Å². The first-order chi connectivity index (χ1) is 28.4. The molecule has 0 aromatic heterocycles. The highest BCUT2D eigenvalue weighted by atomic mass is 19.1. The van der Waals surface area contributed by atoms with Gasteiger partial charge >= 0.3 is 0 Å². The van der Waals surface area contributed by atoms with E-state index in [0.717, 1.165) is 27.8 Å². The average Bonchev–Trinajstić information content (AvgIpc) is 3.26. The highest BCUT2D eigenvalue weighted by Crippen LogP contribution is 2.42. The van der Waals surface area contributed by atoms with Crippen LogP contribution < -0.4 is 14.2 Å². The van der Waals surface area contributed by atoms with Crippen LogP contribution in [-0.2, 0) is 10.8 Å². The van der Waals surface area contributed by atoms with E-state index in [9.17, 15) is 13.2 Å². The minimum absolute atomic E-state index is 0.0603. The molecule has 0 fully saturated rings. The standard InChI is InChI=1S/C53H37F3O3/c1-7-35-10-29-49(46(54)32-35)57-43-23-17-39(18-24-43)52(4,5)38-13-15-40(16-14-38)53(6,41-19-25-44(26-20-41)58-50-30-11-36(8-2)33-47(50)55)42-21-27-45(28-22-42)59-51-31-12-37(9-3)34-48(51)56/h1-3,10-34H,4-6H3. The van der Waals surface area contributed by atoms with Crippen molar-refractivity contribution in [2.75, 3.05) is 0 Å². The molecule has 59 heavy (non-hydrogen) atoms. The molecule has 0 saturated carbocycles. The minimum atomic E-state index is -0.703. The summed E-state index contributed by atoms with van der Waals surface area (Å²) in [6.07, 6.45) is 16.2. The summed E-state index contributed by atoms with van der Waals surface area (Å²) in [7, 11) is 0. The fraction of sp³-hybridized carbons (Fsp3) is 0.0943. The highest BCUT2D eigenvalue weighted by Gasteiger charge is 2.33. The van der Waals surface area contributed by atoms with Crippen molar-refractivity contribution in [3.05, 3.63) is 214 Å². The Balaban J connectivity index is 1.18. The van der Waals surface area contributed by atoms with Gasteiger partial charge in [0.25, 0.3) is 0 Å². The molecule has 7 aromatic rings. The molecule has 288 valence electrons. The first kappa shape index (κ1) is 39.6. The molecule has 0 N–H and O–H groups in total. The van der Waals surface area contributed by atoms with Crippen molar-refractivity contribution in [3.63, 3.8) is 0 Å². The zero-order valence-corrected chi connectivity index (χ0v) is 32.5. The van der Waals surface area contributed by atoms with Crippen LogP contribution in [0, 0.1) is 54.5 Å². The maximum absolute atomic E-state index is 14.7. The van der Waals surface area contributed by atoms with Crippen molar-refractivity contribution in [3.8, 4) is 71.5 Å². The topological polar surface area (TPSA) is 27.7 Å². The molecule has 0 heterocycles. The van der Waals surface area contributed by atoms with E-state index in [4.69, 9.17) is 33.5 Å². The lowest BCUT2D eigenvalue weighted by Gasteiger charge is -2.33. The summed E-state index contributed by atoms with van der Waals surface area (Å²) >= 11 is 0. The van der Waals surface area contributed by atoms with Crippen LogP contribution in [0.15, 0.2) is 152 Å². The number of hydrogen-bond acceptors (Lipinski definition) is 3. The summed E-state index contributed by atoms with van der Waals surface area (Å²) in [6, 6.07) is 44.2. The lowest BCUT2D eigenvalue weighted by atomic mass is 9.70. The van der Waals surface area contributed by atoms with E-state index in [2.05, 4.69) is 62.8 Å².